The van der Waals surface area contributed by atoms with E-state index >= 15 is 0 Å². The van der Waals surface area contributed by atoms with E-state index in [1.54, 1.807) is 17.0 Å². The molecule has 1 atom stereocenters. The van der Waals surface area contributed by atoms with Crippen LogP contribution in [-0.2, 0) is 6.54 Å². The van der Waals surface area contributed by atoms with E-state index in [0.717, 1.165) is 5.56 Å². The van der Waals surface area contributed by atoms with Gasteiger partial charge in [-0.25, -0.2) is 9.18 Å². The van der Waals surface area contributed by atoms with Gasteiger partial charge in [-0.15, -0.1) is 0 Å². The fourth-order valence-corrected chi connectivity index (χ4v) is 4.71. The minimum Gasteiger partial charge on any atom is -0.336 e. The van der Waals surface area contributed by atoms with Gasteiger partial charge in [-0.3, -0.25) is 9.69 Å². The van der Waals surface area contributed by atoms with Crippen molar-refractivity contribution >= 4 is 11.9 Å². The highest BCUT2D eigenvalue weighted by molar-refractivity contribution is 5.94. The smallest absolute Gasteiger partial charge is 0.317 e. The normalized spacial score (nSPS) is 20.8. The Morgan fingerprint density at radius 2 is 1.68 bits per heavy atom. The molecule has 1 N–H and O–H groups in total. The standard InChI is InChI=1S/C24H29FN4O2/c1-24(2)17-28(23(31)26-14-18-8-4-3-5-9-18)16-19-15-27(12-13-29(19)24)22(30)20-10-6-7-11-21(20)25/h3-11,19H,12-17H2,1-2H3,(H,26,31)/t19-/m0/s1. The predicted molar refractivity (Wildman–Crippen MR) is 117 cm³/mol. The van der Waals surface area contributed by atoms with E-state index in [1.807, 2.05) is 35.2 Å². The van der Waals surface area contributed by atoms with Crippen molar-refractivity contribution in [1.29, 1.82) is 0 Å². The van der Waals surface area contributed by atoms with Crippen molar-refractivity contribution in [3.63, 3.8) is 0 Å². The van der Waals surface area contributed by atoms with Crippen LogP contribution in [-0.4, -0.2) is 70.9 Å². The number of fused-ring (bicyclic) bond motifs is 1. The number of nitrogens with zero attached hydrogens (tertiary/aromatic N) is 3. The molecule has 0 radical (unpaired) electrons. The fraction of sp³-hybridized carbons (Fsp3) is 0.417. The van der Waals surface area contributed by atoms with E-state index in [4.69, 9.17) is 0 Å². The first-order chi connectivity index (χ1) is 14.8. The number of rotatable bonds is 3. The van der Waals surface area contributed by atoms with E-state index in [-0.39, 0.29) is 29.1 Å². The lowest BCUT2D eigenvalue weighted by Crippen LogP contribution is -2.71. The number of benzene rings is 2. The van der Waals surface area contributed by atoms with Crippen LogP contribution in [0.25, 0.3) is 0 Å². The first kappa shape index (κ1) is 21.3. The van der Waals surface area contributed by atoms with Gasteiger partial charge in [0.25, 0.3) is 5.91 Å². The summed E-state index contributed by atoms with van der Waals surface area (Å²) in [6.07, 6.45) is 0. The lowest BCUT2D eigenvalue weighted by molar-refractivity contribution is -0.0468. The number of halogens is 1. The van der Waals surface area contributed by atoms with Crippen molar-refractivity contribution in [2.45, 2.75) is 32.0 Å². The predicted octanol–water partition coefficient (Wildman–Crippen LogP) is 2.96. The quantitative estimate of drug-likeness (QED) is 0.824. The van der Waals surface area contributed by atoms with E-state index in [2.05, 4.69) is 24.1 Å². The molecule has 2 aliphatic rings. The van der Waals surface area contributed by atoms with Crippen molar-refractivity contribution in [1.82, 2.24) is 20.0 Å². The molecule has 2 saturated heterocycles. The van der Waals surface area contributed by atoms with Gasteiger partial charge >= 0.3 is 6.03 Å². The van der Waals surface area contributed by atoms with Gasteiger partial charge < -0.3 is 15.1 Å². The highest BCUT2D eigenvalue weighted by atomic mass is 19.1. The largest absolute Gasteiger partial charge is 0.336 e. The Morgan fingerprint density at radius 1 is 1.00 bits per heavy atom. The van der Waals surface area contributed by atoms with Crippen LogP contribution in [0.5, 0.6) is 0 Å². The number of carbonyl (C=O) groups is 2. The topological polar surface area (TPSA) is 55.9 Å². The third kappa shape index (κ3) is 4.56. The Kier molecular flexibility index (Phi) is 5.96. The summed E-state index contributed by atoms with van der Waals surface area (Å²) in [6.45, 7) is 7.61. The Morgan fingerprint density at radius 3 is 2.42 bits per heavy atom. The Labute approximate surface area is 182 Å². The van der Waals surface area contributed by atoms with Crippen molar-refractivity contribution < 1.29 is 14.0 Å². The average molecular weight is 425 g/mol. The molecular weight excluding hydrogens is 395 g/mol. The van der Waals surface area contributed by atoms with Gasteiger partial charge in [-0.1, -0.05) is 42.5 Å². The van der Waals surface area contributed by atoms with Crippen molar-refractivity contribution in [3.8, 4) is 0 Å². The zero-order valence-corrected chi connectivity index (χ0v) is 18.1. The molecule has 2 aromatic rings. The number of piperazine rings is 2. The summed E-state index contributed by atoms with van der Waals surface area (Å²) in [5.74, 6) is -0.790. The average Bonchev–Trinajstić information content (AvgIpc) is 2.77. The molecule has 0 saturated carbocycles. The number of hydrogen-bond donors (Lipinski definition) is 1. The van der Waals surface area contributed by atoms with Crippen molar-refractivity contribution in [3.05, 3.63) is 71.5 Å². The molecule has 31 heavy (non-hydrogen) atoms. The summed E-state index contributed by atoms with van der Waals surface area (Å²) in [4.78, 5) is 31.7. The highest BCUT2D eigenvalue weighted by Gasteiger charge is 2.44. The van der Waals surface area contributed by atoms with Crippen LogP contribution in [0.3, 0.4) is 0 Å². The van der Waals surface area contributed by atoms with Crippen molar-refractivity contribution in [2.24, 2.45) is 0 Å². The number of nitrogens with one attached hydrogen (secondary N) is 1. The minimum atomic E-state index is -0.499. The van der Waals surface area contributed by atoms with Gasteiger partial charge in [-0.2, -0.15) is 0 Å². The lowest BCUT2D eigenvalue weighted by Gasteiger charge is -2.55. The van der Waals surface area contributed by atoms with Gasteiger partial charge in [0.2, 0.25) is 0 Å². The van der Waals surface area contributed by atoms with E-state index in [1.165, 1.54) is 12.1 Å². The maximum atomic E-state index is 14.1. The molecule has 2 fully saturated rings. The highest BCUT2D eigenvalue weighted by Crippen LogP contribution is 2.29. The molecule has 6 nitrogen and oxygen atoms in total. The summed E-state index contributed by atoms with van der Waals surface area (Å²) in [5, 5.41) is 3.01. The summed E-state index contributed by atoms with van der Waals surface area (Å²) >= 11 is 0. The SMILES string of the molecule is CC1(C)CN(C(=O)NCc2ccccc2)C[C@@H]2CN(C(=O)c3ccccc3F)CCN21. The van der Waals surface area contributed by atoms with Crippen LogP contribution >= 0.6 is 0 Å². The molecule has 0 aliphatic carbocycles. The molecule has 7 heteroatoms. The molecule has 2 aliphatic heterocycles. The van der Waals surface area contributed by atoms with Crippen molar-refractivity contribution in [2.75, 3.05) is 32.7 Å². The second-order valence-corrected chi connectivity index (χ2v) is 8.92. The molecular formula is C24H29FN4O2. The Balaban J connectivity index is 1.43. The van der Waals surface area contributed by atoms with Crippen LogP contribution in [0, 0.1) is 5.82 Å². The van der Waals surface area contributed by atoms with Crippen LogP contribution in [0.2, 0.25) is 0 Å². The van der Waals surface area contributed by atoms with Crippen LogP contribution < -0.4 is 5.32 Å². The van der Waals surface area contributed by atoms with E-state index in [9.17, 15) is 14.0 Å². The van der Waals surface area contributed by atoms with E-state index in [0.29, 0.717) is 39.3 Å². The fourth-order valence-electron chi connectivity index (χ4n) is 4.71. The lowest BCUT2D eigenvalue weighted by atomic mass is 9.92. The molecule has 0 unspecified atom stereocenters. The third-order valence-electron chi connectivity index (χ3n) is 6.23. The first-order valence-corrected chi connectivity index (χ1v) is 10.7. The molecule has 0 aromatic heterocycles. The molecule has 2 aromatic carbocycles. The number of carbonyl (C=O) groups excluding carboxylic acids is 2. The Bertz CT molecular complexity index is 950. The minimum absolute atomic E-state index is 0.00991. The summed E-state index contributed by atoms with van der Waals surface area (Å²) in [6, 6.07) is 15.8. The summed E-state index contributed by atoms with van der Waals surface area (Å²) in [5.41, 5.74) is 0.941. The maximum Gasteiger partial charge on any atom is 0.317 e. The second-order valence-electron chi connectivity index (χ2n) is 8.92. The summed E-state index contributed by atoms with van der Waals surface area (Å²) < 4.78 is 14.1. The molecule has 0 bridgehead atoms. The van der Waals surface area contributed by atoms with Gasteiger partial charge in [0.1, 0.15) is 5.82 Å². The zero-order valence-electron chi connectivity index (χ0n) is 18.1. The van der Waals surface area contributed by atoms with E-state index < -0.39 is 5.82 Å². The monoisotopic (exact) mass is 424 g/mol. The molecule has 0 spiro atoms. The third-order valence-corrected chi connectivity index (χ3v) is 6.23. The number of urea groups is 1. The van der Waals surface area contributed by atoms with Crippen LogP contribution in [0.4, 0.5) is 9.18 Å². The molecule has 4 rings (SSSR count). The second kappa shape index (κ2) is 8.67. The van der Waals surface area contributed by atoms with Gasteiger partial charge in [0.05, 0.1) is 5.56 Å². The van der Waals surface area contributed by atoms with Gasteiger partial charge in [0.15, 0.2) is 0 Å². The van der Waals surface area contributed by atoms with Gasteiger partial charge in [-0.05, 0) is 31.5 Å². The Hall–Kier alpha value is -2.93. The number of amides is 3. The number of hydrogen-bond acceptors (Lipinski definition) is 3. The van der Waals surface area contributed by atoms with Crippen LogP contribution in [0.1, 0.15) is 29.8 Å². The zero-order chi connectivity index (χ0) is 22.0. The van der Waals surface area contributed by atoms with Gasteiger partial charge in [0, 0.05) is 50.8 Å². The first-order valence-electron chi connectivity index (χ1n) is 10.7. The van der Waals surface area contributed by atoms with Crippen LogP contribution in [0.15, 0.2) is 54.6 Å². The molecule has 3 amide bonds. The summed E-state index contributed by atoms with van der Waals surface area (Å²) in [7, 11) is 0. The molecule has 2 heterocycles. The molecule has 164 valence electrons. The maximum absolute atomic E-state index is 14.1.